The van der Waals surface area contributed by atoms with Gasteiger partial charge >= 0.3 is 14.2 Å². The van der Waals surface area contributed by atoms with Crippen molar-refractivity contribution in [1.29, 1.82) is 5.26 Å². The standard InChI is InChI=1S/C12H21B2NO4/c15-7-3-1-2-6-12(13-16-8-4-9-17-13)14-18-10-5-11-19-14/h12H,1-6,8-11H2. The Balaban J connectivity index is 1.85. The second kappa shape index (κ2) is 8.59. The van der Waals surface area contributed by atoms with Crippen molar-refractivity contribution in [2.45, 2.75) is 44.2 Å². The van der Waals surface area contributed by atoms with Crippen molar-refractivity contribution < 1.29 is 18.6 Å². The van der Waals surface area contributed by atoms with Gasteiger partial charge < -0.3 is 18.6 Å². The molecule has 104 valence electrons. The summed E-state index contributed by atoms with van der Waals surface area (Å²) < 4.78 is 22.8. The Morgan fingerprint density at radius 1 is 0.895 bits per heavy atom. The Morgan fingerprint density at radius 2 is 1.42 bits per heavy atom. The molecule has 2 heterocycles. The highest BCUT2D eigenvalue weighted by Gasteiger charge is 2.43. The average Bonchev–Trinajstić information content (AvgIpc) is 2.49. The molecule has 0 aromatic heterocycles. The van der Waals surface area contributed by atoms with Crippen LogP contribution in [0.5, 0.6) is 0 Å². The van der Waals surface area contributed by atoms with Gasteiger partial charge in [-0.2, -0.15) is 5.26 Å². The van der Waals surface area contributed by atoms with Crippen molar-refractivity contribution in [2.24, 2.45) is 0 Å². The van der Waals surface area contributed by atoms with Crippen LogP contribution in [-0.4, -0.2) is 40.7 Å². The summed E-state index contributed by atoms with van der Waals surface area (Å²) in [6.45, 7) is 2.97. The van der Waals surface area contributed by atoms with Crippen LogP contribution in [0.15, 0.2) is 0 Å². The predicted octanol–water partition coefficient (Wildman–Crippen LogP) is 1.83. The molecular formula is C12H21B2NO4. The molecule has 7 heteroatoms. The molecule has 0 bridgehead atoms. The Hall–Kier alpha value is -0.540. The lowest BCUT2D eigenvalue weighted by molar-refractivity contribution is 0.107. The zero-order valence-electron chi connectivity index (χ0n) is 11.4. The quantitative estimate of drug-likeness (QED) is 0.541. The van der Waals surface area contributed by atoms with Gasteiger partial charge in [-0.15, -0.1) is 0 Å². The van der Waals surface area contributed by atoms with Crippen molar-refractivity contribution in [3.63, 3.8) is 0 Å². The molecule has 2 fully saturated rings. The number of unbranched alkanes of at least 4 members (excludes halogenated alkanes) is 2. The maximum Gasteiger partial charge on any atom is 0.457 e. The number of hydrogen-bond acceptors (Lipinski definition) is 5. The molecule has 0 aromatic carbocycles. The molecule has 2 aliphatic heterocycles. The SMILES string of the molecule is N#CCCCCC(B1OCCCO1)B1OCCCO1. The van der Waals surface area contributed by atoms with Gasteiger partial charge in [-0.3, -0.25) is 0 Å². The lowest BCUT2D eigenvalue weighted by Gasteiger charge is -2.31. The topological polar surface area (TPSA) is 60.7 Å². The molecule has 0 amide bonds. The first-order valence-electron chi connectivity index (χ1n) is 7.25. The van der Waals surface area contributed by atoms with Crippen molar-refractivity contribution in [2.75, 3.05) is 26.4 Å². The largest absolute Gasteiger partial charge is 0.457 e. The van der Waals surface area contributed by atoms with E-state index in [1.807, 2.05) is 0 Å². The normalized spacial score (nSPS) is 20.6. The minimum absolute atomic E-state index is 0.110. The maximum absolute atomic E-state index is 8.58. The van der Waals surface area contributed by atoms with Crippen LogP contribution in [-0.2, 0) is 18.6 Å². The summed E-state index contributed by atoms with van der Waals surface area (Å²) in [5.74, 6) is 0. The molecule has 0 spiro atoms. The Morgan fingerprint density at radius 3 is 1.89 bits per heavy atom. The molecule has 0 aromatic rings. The van der Waals surface area contributed by atoms with E-state index in [2.05, 4.69) is 6.07 Å². The first-order chi connectivity index (χ1) is 9.42. The summed E-state index contributed by atoms with van der Waals surface area (Å²) in [5.41, 5.74) is 0.110. The first kappa shape index (κ1) is 14.9. The molecule has 0 saturated carbocycles. The van der Waals surface area contributed by atoms with Gasteiger partial charge in [-0.05, 0) is 19.3 Å². The van der Waals surface area contributed by atoms with Gasteiger partial charge in [0.05, 0.1) is 6.07 Å². The molecule has 5 nitrogen and oxygen atoms in total. The summed E-state index contributed by atoms with van der Waals surface area (Å²) in [6, 6.07) is 2.18. The fraction of sp³-hybridized carbons (Fsp3) is 0.917. The van der Waals surface area contributed by atoms with Crippen LogP contribution < -0.4 is 0 Å². The Kier molecular flexibility index (Phi) is 6.72. The average molecular weight is 265 g/mol. The smallest absolute Gasteiger partial charge is 0.411 e. The van der Waals surface area contributed by atoms with Gasteiger partial charge in [0, 0.05) is 38.6 Å². The van der Waals surface area contributed by atoms with E-state index in [4.69, 9.17) is 23.9 Å². The van der Waals surface area contributed by atoms with E-state index in [0.717, 1.165) is 58.5 Å². The minimum Gasteiger partial charge on any atom is -0.411 e. The Bertz CT molecular complexity index is 270. The zero-order valence-corrected chi connectivity index (χ0v) is 11.4. The first-order valence-corrected chi connectivity index (χ1v) is 7.25. The zero-order chi connectivity index (χ0) is 13.3. The maximum atomic E-state index is 8.58. The van der Waals surface area contributed by atoms with E-state index in [0.29, 0.717) is 6.42 Å². The molecule has 0 atom stereocenters. The van der Waals surface area contributed by atoms with Crippen molar-refractivity contribution in [3.8, 4) is 6.07 Å². The molecule has 0 radical (unpaired) electrons. The van der Waals surface area contributed by atoms with E-state index in [1.54, 1.807) is 0 Å². The Labute approximate surface area is 115 Å². The molecule has 2 rings (SSSR count). The van der Waals surface area contributed by atoms with Gasteiger partial charge in [0.1, 0.15) is 0 Å². The second-order valence-corrected chi connectivity index (χ2v) is 4.99. The number of nitrogens with zero attached hydrogens (tertiary/aromatic N) is 1. The van der Waals surface area contributed by atoms with Gasteiger partial charge in [0.15, 0.2) is 0 Å². The third-order valence-electron chi connectivity index (χ3n) is 3.48. The third-order valence-corrected chi connectivity index (χ3v) is 3.48. The summed E-state index contributed by atoms with van der Waals surface area (Å²) in [6.07, 6.45) is 5.30. The summed E-state index contributed by atoms with van der Waals surface area (Å²) in [5, 5.41) is 8.58. The number of rotatable bonds is 6. The van der Waals surface area contributed by atoms with E-state index >= 15 is 0 Å². The number of hydrogen-bond donors (Lipinski definition) is 0. The monoisotopic (exact) mass is 265 g/mol. The molecule has 2 aliphatic rings. The summed E-state index contributed by atoms with van der Waals surface area (Å²) >= 11 is 0. The molecule has 2 saturated heterocycles. The van der Waals surface area contributed by atoms with Crippen molar-refractivity contribution >= 4 is 14.2 Å². The molecule has 0 N–H and O–H groups in total. The van der Waals surface area contributed by atoms with Crippen LogP contribution in [0.4, 0.5) is 0 Å². The molecular weight excluding hydrogens is 244 g/mol. The van der Waals surface area contributed by atoms with Gasteiger partial charge in [-0.1, -0.05) is 12.8 Å². The molecule has 19 heavy (non-hydrogen) atoms. The van der Waals surface area contributed by atoms with Crippen LogP contribution in [0, 0.1) is 11.3 Å². The van der Waals surface area contributed by atoms with Gasteiger partial charge in [0.2, 0.25) is 0 Å². The fourth-order valence-corrected chi connectivity index (χ4v) is 2.49. The fourth-order valence-electron chi connectivity index (χ4n) is 2.49. The minimum atomic E-state index is -0.223. The van der Waals surface area contributed by atoms with Crippen molar-refractivity contribution in [3.05, 3.63) is 0 Å². The van der Waals surface area contributed by atoms with Gasteiger partial charge in [0.25, 0.3) is 0 Å². The lowest BCUT2D eigenvalue weighted by Crippen LogP contribution is -2.45. The van der Waals surface area contributed by atoms with E-state index in [9.17, 15) is 0 Å². The third kappa shape index (κ3) is 4.81. The highest BCUT2D eigenvalue weighted by molar-refractivity contribution is 6.67. The van der Waals surface area contributed by atoms with E-state index in [1.165, 1.54) is 0 Å². The predicted molar refractivity (Wildman–Crippen MR) is 72.4 cm³/mol. The van der Waals surface area contributed by atoms with Crippen LogP contribution in [0.25, 0.3) is 0 Å². The highest BCUT2D eigenvalue weighted by atomic mass is 16.6. The van der Waals surface area contributed by atoms with E-state index < -0.39 is 0 Å². The second-order valence-electron chi connectivity index (χ2n) is 4.99. The summed E-state index contributed by atoms with van der Waals surface area (Å²) in [7, 11) is -0.446. The number of nitriles is 1. The molecule has 0 unspecified atom stereocenters. The van der Waals surface area contributed by atoms with Crippen molar-refractivity contribution in [1.82, 2.24) is 0 Å². The molecule has 0 aliphatic carbocycles. The van der Waals surface area contributed by atoms with Crippen LogP contribution >= 0.6 is 0 Å². The van der Waals surface area contributed by atoms with Crippen LogP contribution in [0.2, 0.25) is 5.72 Å². The highest BCUT2D eigenvalue weighted by Crippen LogP contribution is 2.28. The lowest BCUT2D eigenvalue weighted by atomic mass is 9.49. The van der Waals surface area contributed by atoms with Gasteiger partial charge in [-0.25, -0.2) is 0 Å². The van der Waals surface area contributed by atoms with Crippen LogP contribution in [0.1, 0.15) is 38.5 Å². The van der Waals surface area contributed by atoms with Crippen LogP contribution in [0.3, 0.4) is 0 Å². The van der Waals surface area contributed by atoms with E-state index in [-0.39, 0.29) is 20.0 Å². The summed E-state index contributed by atoms with van der Waals surface area (Å²) in [4.78, 5) is 0.